The molecule has 132 valence electrons. The standard InChI is InChI=1S/C18H20ClN3O3/c1-11-14(10-20-22(11)16-5-3-2-4-15(16)19)17(23)21-13-8-6-12(7-9-13)18(24)25/h2-5,10,12-13H,6-9H2,1H3,(H,21,23)(H,24,25). The zero-order valence-corrected chi connectivity index (χ0v) is 14.7. The van der Waals surface area contributed by atoms with Crippen LogP contribution < -0.4 is 5.32 Å². The molecule has 1 aromatic carbocycles. The van der Waals surface area contributed by atoms with Crippen molar-refractivity contribution in [3.63, 3.8) is 0 Å². The van der Waals surface area contributed by atoms with Crippen LogP contribution in [0.15, 0.2) is 30.5 Å². The number of carboxylic acids is 1. The number of halogens is 1. The first-order valence-electron chi connectivity index (χ1n) is 8.30. The van der Waals surface area contributed by atoms with Gasteiger partial charge in [0.05, 0.1) is 34.1 Å². The van der Waals surface area contributed by atoms with Crippen molar-refractivity contribution in [1.29, 1.82) is 0 Å². The van der Waals surface area contributed by atoms with E-state index in [0.29, 0.717) is 42.0 Å². The molecular weight excluding hydrogens is 342 g/mol. The Bertz CT molecular complexity index is 795. The van der Waals surface area contributed by atoms with Gasteiger partial charge >= 0.3 is 5.97 Å². The molecule has 1 amide bonds. The van der Waals surface area contributed by atoms with Gasteiger partial charge in [0.25, 0.3) is 5.91 Å². The fourth-order valence-corrected chi connectivity index (χ4v) is 3.46. The molecule has 0 atom stereocenters. The molecule has 0 saturated heterocycles. The van der Waals surface area contributed by atoms with Gasteiger partial charge in [-0.15, -0.1) is 0 Å². The molecule has 7 heteroatoms. The second kappa shape index (κ2) is 7.27. The highest BCUT2D eigenvalue weighted by molar-refractivity contribution is 6.32. The summed E-state index contributed by atoms with van der Waals surface area (Å²) in [6.45, 7) is 1.83. The zero-order chi connectivity index (χ0) is 18.0. The molecule has 0 spiro atoms. The van der Waals surface area contributed by atoms with Gasteiger partial charge in [0.2, 0.25) is 0 Å². The number of aliphatic carboxylic acids is 1. The molecule has 2 aromatic rings. The van der Waals surface area contributed by atoms with Gasteiger partial charge < -0.3 is 10.4 Å². The van der Waals surface area contributed by atoms with Gasteiger partial charge in [-0.25, -0.2) is 4.68 Å². The number of hydrogen-bond acceptors (Lipinski definition) is 3. The summed E-state index contributed by atoms with van der Waals surface area (Å²) in [5.74, 6) is -1.23. The maximum atomic E-state index is 12.6. The van der Waals surface area contributed by atoms with E-state index in [0.717, 1.165) is 5.69 Å². The molecular formula is C18H20ClN3O3. The van der Waals surface area contributed by atoms with Crippen LogP contribution in [-0.2, 0) is 4.79 Å². The first kappa shape index (κ1) is 17.5. The summed E-state index contributed by atoms with van der Waals surface area (Å²) in [7, 11) is 0. The van der Waals surface area contributed by atoms with Crippen LogP contribution in [0.2, 0.25) is 5.02 Å². The van der Waals surface area contributed by atoms with Crippen molar-refractivity contribution in [2.75, 3.05) is 0 Å². The number of carboxylic acid groups (broad SMARTS) is 1. The van der Waals surface area contributed by atoms with Crippen LogP contribution in [0.25, 0.3) is 5.69 Å². The summed E-state index contributed by atoms with van der Waals surface area (Å²) in [5, 5.41) is 16.9. The van der Waals surface area contributed by atoms with Gasteiger partial charge in [0.1, 0.15) is 0 Å². The molecule has 1 aliphatic rings. The Morgan fingerprint density at radius 2 is 1.92 bits per heavy atom. The van der Waals surface area contributed by atoms with Gasteiger partial charge in [0.15, 0.2) is 0 Å². The third-order valence-electron chi connectivity index (χ3n) is 4.75. The fraction of sp³-hybridized carbons (Fsp3) is 0.389. The van der Waals surface area contributed by atoms with Crippen molar-refractivity contribution in [1.82, 2.24) is 15.1 Å². The summed E-state index contributed by atoms with van der Waals surface area (Å²) < 4.78 is 1.65. The van der Waals surface area contributed by atoms with Crippen LogP contribution in [0, 0.1) is 12.8 Å². The first-order chi connectivity index (χ1) is 12.0. The Balaban J connectivity index is 1.70. The van der Waals surface area contributed by atoms with Crippen molar-refractivity contribution < 1.29 is 14.7 Å². The monoisotopic (exact) mass is 361 g/mol. The van der Waals surface area contributed by atoms with Crippen LogP contribution in [0.1, 0.15) is 41.7 Å². The van der Waals surface area contributed by atoms with Crippen molar-refractivity contribution in [2.45, 2.75) is 38.6 Å². The number of amides is 1. The highest BCUT2D eigenvalue weighted by atomic mass is 35.5. The zero-order valence-electron chi connectivity index (χ0n) is 13.9. The average Bonchev–Trinajstić information content (AvgIpc) is 2.97. The number of benzene rings is 1. The minimum Gasteiger partial charge on any atom is -0.481 e. The number of rotatable bonds is 4. The van der Waals surface area contributed by atoms with Gasteiger partial charge in [-0.3, -0.25) is 9.59 Å². The van der Waals surface area contributed by atoms with E-state index in [1.807, 2.05) is 25.1 Å². The Hall–Kier alpha value is -2.34. The lowest BCUT2D eigenvalue weighted by molar-refractivity contribution is -0.142. The molecule has 0 unspecified atom stereocenters. The largest absolute Gasteiger partial charge is 0.481 e. The van der Waals surface area contributed by atoms with E-state index < -0.39 is 5.97 Å². The van der Waals surface area contributed by atoms with Gasteiger partial charge in [-0.1, -0.05) is 23.7 Å². The van der Waals surface area contributed by atoms with Crippen molar-refractivity contribution in [3.05, 3.63) is 46.7 Å². The molecule has 1 fully saturated rings. The van der Waals surface area contributed by atoms with E-state index in [9.17, 15) is 9.59 Å². The maximum absolute atomic E-state index is 12.6. The summed E-state index contributed by atoms with van der Waals surface area (Å²) in [6, 6.07) is 7.33. The number of carbonyl (C=O) groups excluding carboxylic acids is 1. The van der Waals surface area contributed by atoms with Crippen molar-refractivity contribution in [3.8, 4) is 5.69 Å². The third-order valence-corrected chi connectivity index (χ3v) is 5.07. The molecule has 3 rings (SSSR count). The highest BCUT2D eigenvalue weighted by Crippen LogP contribution is 2.25. The lowest BCUT2D eigenvalue weighted by Gasteiger charge is -2.26. The Kier molecular flexibility index (Phi) is 5.08. The molecule has 6 nitrogen and oxygen atoms in total. The lowest BCUT2D eigenvalue weighted by atomic mass is 9.86. The van der Waals surface area contributed by atoms with Crippen molar-refractivity contribution in [2.24, 2.45) is 5.92 Å². The molecule has 1 saturated carbocycles. The summed E-state index contributed by atoms with van der Waals surface area (Å²) >= 11 is 6.21. The fourth-order valence-electron chi connectivity index (χ4n) is 3.25. The van der Waals surface area contributed by atoms with Crippen LogP contribution in [0.4, 0.5) is 0 Å². The quantitative estimate of drug-likeness (QED) is 0.875. The predicted octanol–water partition coefficient (Wildman–Crippen LogP) is 3.21. The Morgan fingerprint density at radius 1 is 1.24 bits per heavy atom. The van der Waals surface area contributed by atoms with Gasteiger partial charge in [-0.2, -0.15) is 5.10 Å². The van der Waals surface area contributed by atoms with Crippen molar-refractivity contribution >= 4 is 23.5 Å². The van der Waals surface area contributed by atoms with Gasteiger partial charge in [-0.05, 0) is 44.7 Å². The Labute approximate surface area is 150 Å². The first-order valence-corrected chi connectivity index (χ1v) is 8.68. The molecule has 1 aliphatic carbocycles. The number of hydrogen-bond donors (Lipinski definition) is 2. The minimum atomic E-state index is -0.748. The normalized spacial score (nSPS) is 20.2. The summed E-state index contributed by atoms with van der Waals surface area (Å²) in [4.78, 5) is 23.6. The highest BCUT2D eigenvalue weighted by Gasteiger charge is 2.27. The number of para-hydroxylation sites is 1. The second-order valence-corrected chi connectivity index (χ2v) is 6.77. The van der Waals surface area contributed by atoms with Gasteiger partial charge in [0, 0.05) is 6.04 Å². The van der Waals surface area contributed by atoms with E-state index >= 15 is 0 Å². The maximum Gasteiger partial charge on any atom is 0.306 e. The SMILES string of the molecule is Cc1c(C(=O)NC2CCC(C(=O)O)CC2)cnn1-c1ccccc1Cl. The summed E-state index contributed by atoms with van der Waals surface area (Å²) in [5.41, 5.74) is 1.94. The van der Waals surface area contributed by atoms with E-state index in [1.54, 1.807) is 10.7 Å². The van der Waals surface area contributed by atoms with Crippen LogP contribution >= 0.6 is 11.6 Å². The molecule has 1 heterocycles. The molecule has 0 radical (unpaired) electrons. The molecule has 0 bridgehead atoms. The number of nitrogens with one attached hydrogen (secondary N) is 1. The van der Waals surface area contributed by atoms with Crippen LogP contribution in [-0.4, -0.2) is 32.8 Å². The lowest BCUT2D eigenvalue weighted by Crippen LogP contribution is -2.38. The third kappa shape index (κ3) is 3.69. The van der Waals surface area contributed by atoms with E-state index in [2.05, 4.69) is 10.4 Å². The number of nitrogens with zero attached hydrogens (tertiary/aromatic N) is 2. The number of aromatic nitrogens is 2. The minimum absolute atomic E-state index is 0.00571. The smallest absolute Gasteiger partial charge is 0.306 e. The predicted molar refractivity (Wildman–Crippen MR) is 94.2 cm³/mol. The molecule has 1 aromatic heterocycles. The van der Waals surface area contributed by atoms with E-state index in [-0.39, 0.29) is 17.9 Å². The van der Waals surface area contributed by atoms with Crippen LogP contribution in [0.5, 0.6) is 0 Å². The second-order valence-electron chi connectivity index (χ2n) is 6.37. The topological polar surface area (TPSA) is 84.2 Å². The number of carbonyl (C=O) groups is 2. The Morgan fingerprint density at radius 3 is 2.56 bits per heavy atom. The molecule has 25 heavy (non-hydrogen) atoms. The van der Waals surface area contributed by atoms with Crippen LogP contribution in [0.3, 0.4) is 0 Å². The average molecular weight is 362 g/mol. The summed E-state index contributed by atoms with van der Waals surface area (Å²) in [6.07, 6.45) is 4.09. The molecule has 2 N–H and O–H groups in total. The van der Waals surface area contributed by atoms with E-state index in [1.165, 1.54) is 6.20 Å². The van der Waals surface area contributed by atoms with E-state index in [4.69, 9.17) is 16.7 Å². The molecule has 0 aliphatic heterocycles.